The standard InChI is InChI=1S/C15H17FO4S/c1-9-3-5-11(6-4-9)14(18)19-8-12-7-13(16)15(21-12)20-10(2)17/h3-6,12-13,15H,7-8H2,1-2H3/t12-,13-,15+/m0/s1. The number of aryl methyl sites for hydroxylation is 1. The van der Waals surface area contributed by atoms with Gasteiger partial charge in [-0.3, -0.25) is 4.79 Å². The number of carbonyl (C=O) groups is 2. The van der Waals surface area contributed by atoms with Gasteiger partial charge in [0.1, 0.15) is 12.8 Å². The molecular formula is C15H17FO4S. The second-order valence-electron chi connectivity index (χ2n) is 4.95. The monoisotopic (exact) mass is 312 g/mol. The van der Waals surface area contributed by atoms with E-state index in [0.717, 1.165) is 5.56 Å². The van der Waals surface area contributed by atoms with Gasteiger partial charge in [-0.25, -0.2) is 9.18 Å². The van der Waals surface area contributed by atoms with Gasteiger partial charge < -0.3 is 9.47 Å². The maximum Gasteiger partial charge on any atom is 0.338 e. The first-order chi connectivity index (χ1) is 9.95. The van der Waals surface area contributed by atoms with Crippen molar-refractivity contribution in [3.63, 3.8) is 0 Å². The Morgan fingerprint density at radius 1 is 1.33 bits per heavy atom. The van der Waals surface area contributed by atoms with Gasteiger partial charge in [-0.15, -0.1) is 11.8 Å². The van der Waals surface area contributed by atoms with E-state index in [9.17, 15) is 14.0 Å². The third kappa shape index (κ3) is 4.46. The Bertz CT molecular complexity index is 517. The van der Waals surface area contributed by atoms with E-state index in [1.165, 1.54) is 18.7 Å². The lowest BCUT2D eigenvalue weighted by molar-refractivity contribution is -0.144. The lowest BCUT2D eigenvalue weighted by Gasteiger charge is -2.12. The van der Waals surface area contributed by atoms with Crippen molar-refractivity contribution in [1.82, 2.24) is 0 Å². The van der Waals surface area contributed by atoms with Gasteiger partial charge in [0.2, 0.25) is 0 Å². The fraction of sp³-hybridized carbons (Fsp3) is 0.467. The maximum absolute atomic E-state index is 13.7. The van der Waals surface area contributed by atoms with Crippen LogP contribution in [-0.4, -0.2) is 35.4 Å². The maximum atomic E-state index is 13.7. The molecule has 0 unspecified atom stereocenters. The zero-order chi connectivity index (χ0) is 15.4. The molecule has 1 fully saturated rings. The van der Waals surface area contributed by atoms with E-state index in [0.29, 0.717) is 5.56 Å². The molecule has 21 heavy (non-hydrogen) atoms. The molecule has 2 rings (SSSR count). The average molecular weight is 312 g/mol. The summed E-state index contributed by atoms with van der Waals surface area (Å²) >= 11 is 1.19. The SMILES string of the molecule is CC(=O)O[C@@H]1S[C@H](COC(=O)c2ccc(C)cc2)C[C@@H]1F. The molecule has 114 valence electrons. The number of rotatable bonds is 4. The number of hydrogen-bond donors (Lipinski definition) is 0. The molecule has 4 nitrogen and oxygen atoms in total. The predicted octanol–water partition coefficient (Wildman–Crippen LogP) is 2.88. The van der Waals surface area contributed by atoms with E-state index in [1.807, 2.05) is 19.1 Å². The molecule has 0 N–H and O–H groups in total. The number of carbonyl (C=O) groups excluding carboxylic acids is 2. The molecule has 6 heteroatoms. The molecule has 1 saturated heterocycles. The number of alkyl halides is 1. The minimum absolute atomic E-state index is 0.107. The van der Waals surface area contributed by atoms with Crippen molar-refractivity contribution in [2.75, 3.05) is 6.61 Å². The number of benzene rings is 1. The first-order valence-corrected chi connectivity index (χ1v) is 7.60. The highest BCUT2D eigenvalue weighted by atomic mass is 32.2. The van der Waals surface area contributed by atoms with Gasteiger partial charge in [0.15, 0.2) is 5.44 Å². The number of ether oxygens (including phenoxy) is 2. The number of thioether (sulfide) groups is 1. The molecule has 3 atom stereocenters. The van der Waals surface area contributed by atoms with Crippen molar-refractivity contribution in [3.8, 4) is 0 Å². The van der Waals surface area contributed by atoms with Gasteiger partial charge >= 0.3 is 11.9 Å². The molecule has 1 aromatic rings. The number of halogens is 1. The van der Waals surface area contributed by atoms with E-state index >= 15 is 0 Å². The highest BCUT2D eigenvalue weighted by Crippen LogP contribution is 2.37. The molecule has 0 bridgehead atoms. The van der Waals surface area contributed by atoms with Crippen LogP contribution in [0.25, 0.3) is 0 Å². The van der Waals surface area contributed by atoms with E-state index in [-0.39, 0.29) is 18.3 Å². The molecule has 0 saturated carbocycles. The molecule has 1 heterocycles. The van der Waals surface area contributed by atoms with Crippen molar-refractivity contribution in [1.29, 1.82) is 0 Å². The van der Waals surface area contributed by atoms with Crippen LogP contribution in [0.2, 0.25) is 0 Å². The van der Waals surface area contributed by atoms with Crippen LogP contribution in [0.5, 0.6) is 0 Å². The van der Waals surface area contributed by atoms with Crippen LogP contribution in [0, 0.1) is 6.92 Å². The Labute approximate surface area is 127 Å². The Kier molecular flexibility index (Phi) is 5.22. The van der Waals surface area contributed by atoms with E-state index in [1.54, 1.807) is 12.1 Å². The van der Waals surface area contributed by atoms with E-state index in [4.69, 9.17) is 9.47 Å². The van der Waals surface area contributed by atoms with Gasteiger partial charge in [-0.1, -0.05) is 17.7 Å². The third-order valence-corrected chi connectivity index (χ3v) is 4.45. The largest absolute Gasteiger partial charge is 0.461 e. The quantitative estimate of drug-likeness (QED) is 0.800. The number of esters is 2. The van der Waals surface area contributed by atoms with Gasteiger partial charge in [-0.2, -0.15) is 0 Å². The summed E-state index contributed by atoms with van der Waals surface area (Å²) in [5, 5.41) is -0.196. The summed E-state index contributed by atoms with van der Waals surface area (Å²) in [6, 6.07) is 7.04. The van der Waals surface area contributed by atoms with E-state index in [2.05, 4.69) is 0 Å². The van der Waals surface area contributed by atoms with Crippen molar-refractivity contribution in [2.45, 2.75) is 37.1 Å². The second-order valence-corrected chi connectivity index (χ2v) is 6.36. The molecular weight excluding hydrogens is 295 g/mol. The molecule has 0 aliphatic carbocycles. The van der Waals surface area contributed by atoms with Gasteiger partial charge in [-0.05, 0) is 25.5 Å². The van der Waals surface area contributed by atoms with Crippen LogP contribution in [0.4, 0.5) is 4.39 Å². The van der Waals surface area contributed by atoms with E-state index < -0.39 is 23.5 Å². The van der Waals surface area contributed by atoms with Crippen molar-refractivity contribution < 1.29 is 23.5 Å². The Hall–Kier alpha value is -1.56. The fourth-order valence-electron chi connectivity index (χ4n) is 2.01. The summed E-state index contributed by atoms with van der Waals surface area (Å²) in [5.41, 5.74) is 0.727. The number of hydrogen-bond acceptors (Lipinski definition) is 5. The molecule has 0 aromatic heterocycles. The summed E-state index contributed by atoms with van der Waals surface area (Å²) < 4.78 is 23.7. The second kappa shape index (κ2) is 6.93. The minimum atomic E-state index is -1.22. The van der Waals surface area contributed by atoms with Crippen LogP contribution in [0.3, 0.4) is 0 Å². The van der Waals surface area contributed by atoms with Crippen LogP contribution in [0.15, 0.2) is 24.3 Å². The molecule has 1 aliphatic heterocycles. The summed E-state index contributed by atoms with van der Waals surface area (Å²) in [6.45, 7) is 3.29. The third-order valence-electron chi connectivity index (χ3n) is 3.08. The summed E-state index contributed by atoms with van der Waals surface area (Å²) in [6.07, 6.45) is -1.01. The normalized spacial score (nSPS) is 24.6. The van der Waals surface area contributed by atoms with Gasteiger partial charge in [0.25, 0.3) is 0 Å². The lowest BCUT2D eigenvalue weighted by Crippen LogP contribution is -2.18. The molecule has 0 radical (unpaired) electrons. The highest BCUT2D eigenvalue weighted by molar-refractivity contribution is 8.00. The first kappa shape index (κ1) is 15.8. The van der Waals surface area contributed by atoms with Crippen LogP contribution >= 0.6 is 11.8 Å². The molecule has 0 amide bonds. The molecule has 1 aliphatic rings. The summed E-state index contributed by atoms with van der Waals surface area (Å²) in [7, 11) is 0. The van der Waals surface area contributed by atoms with Crippen molar-refractivity contribution in [3.05, 3.63) is 35.4 Å². The Morgan fingerprint density at radius 3 is 2.62 bits per heavy atom. The molecule has 0 spiro atoms. The Morgan fingerprint density at radius 2 is 2.00 bits per heavy atom. The smallest absolute Gasteiger partial charge is 0.338 e. The predicted molar refractivity (Wildman–Crippen MR) is 77.9 cm³/mol. The summed E-state index contributed by atoms with van der Waals surface area (Å²) in [4.78, 5) is 22.7. The van der Waals surface area contributed by atoms with Crippen LogP contribution in [-0.2, 0) is 14.3 Å². The highest BCUT2D eigenvalue weighted by Gasteiger charge is 2.38. The van der Waals surface area contributed by atoms with Crippen LogP contribution in [0.1, 0.15) is 29.3 Å². The topological polar surface area (TPSA) is 52.6 Å². The Balaban J connectivity index is 1.82. The zero-order valence-electron chi connectivity index (χ0n) is 11.9. The van der Waals surface area contributed by atoms with Crippen LogP contribution < -0.4 is 0 Å². The fourth-order valence-corrected chi connectivity index (χ4v) is 3.30. The first-order valence-electron chi connectivity index (χ1n) is 6.66. The van der Waals surface area contributed by atoms with Crippen molar-refractivity contribution in [2.24, 2.45) is 0 Å². The summed E-state index contributed by atoms with van der Waals surface area (Å²) in [5.74, 6) is -0.936. The lowest BCUT2D eigenvalue weighted by atomic mass is 10.1. The molecule has 1 aromatic carbocycles. The average Bonchev–Trinajstić information content (AvgIpc) is 2.77. The van der Waals surface area contributed by atoms with Gasteiger partial charge in [0.05, 0.1) is 5.56 Å². The zero-order valence-corrected chi connectivity index (χ0v) is 12.7. The van der Waals surface area contributed by atoms with Gasteiger partial charge in [0, 0.05) is 12.2 Å². The van der Waals surface area contributed by atoms with Crippen molar-refractivity contribution >= 4 is 23.7 Å². The minimum Gasteiger partial charge on any atom is -0.461 e.